The molecule has 1 unspecified atom stereocenters. The van der Waals surface area contributed by atoms with Crippen molar-refractivity contribution in [2.75, 3.05) is 6.54 Å². The largest absolute Gasteiger partial charge is 0.308 e. The van der Waals surface area contributed by atoms with Gasteiger partial charge in [0, 0.05) is 0 Å². The van der Waals surface area contributed by atoms with E-state index in [1.165, 1.54) is 5.56 Å². The summed E-state index contributed by atoms with van der Waals surface area (Å²) in [7, 11) is 0. The van der Waals surface area contributed by atoms with Gasteiger partial charge >= 0.3 is 0 Å². The molecule has 0 aliphatic heterocycles. The first-order valence-electron chi connectivity index (χ1n) is 6.03. The summed E-state index contributed by atoms with van der Waals surface area (Å²) < 4.78 is 0. The Morgan fingerprint density at radius 1 is 1.29 bits per heavy atom. The molecule has 0 bridgehead atoms. The van der Waals surface area contributed by atoms with E-state index in [4.69, 9.17) is 0 Å². The summed E-state index contributed by atoms with van der Waals surface area (Å²) in [6, 6.07) is 10.7. The van der Waals surface area contributed by atoms with Crippen LogP contribution >= 0.6 is 0 Å². The number of H-pyrrole nitrogens is 1. The van der Waals surface area contributed by atoms with E-state index in [0.29, 0.717) is 0 Å². The van der Waals surface area contributed by atoms with Crippen molar-refractivity contribution < 1.29 is 0 Å². The molecule has 0 saturated heterocycles. The molecule has 0 aliphatic carbocycles. The Morgan fingerprint density at radius 3 is 2.76 bits per heavy atom. The Bertz CT molecular complexity index is 410. The summed E-state index contributed by atoms with van der Waals surface area (Å²) in [5.74, 6) is 0. The molecule has 0 spiro atoms. The molecule has 1 aromatic carbocycles. The number of nitrogens with one attached hydrogen (secondary N) is 2. The quantitative estimate of drug-likeness (QED) is 0.799. The first-order chi connectivity index (χ1) is 8.40. The van der Waals surface area contributed by atoms with Gasteiger partial charge in [-0.1, -0.05) is 37.3 Å². The first kappa shape index (κ1) is 11.8. The maximum Gasteiger partial charge on any atom is 0.0997 e. The van der Waals surface area contributed by atoms with Crippen molar-refractivity contribution in [1.29, 1.82) is 0 Å². The third-order valence-electron chi connectivity index (χ3n) is 2.71. The van der Waals surface area contributed by atoms with Gasteiger partial charge in [0.15, 0.2) is 0 Å². The van der Waals surface area contributed by atoms with Gasteiger partial charge in [0.2, 0.25) is 0 Å². The Morgan fingerprint density at radius 2 is 2.12 bits per heavy atom. The van der Waals surface area contributed by atoms with Gasteiger partial charge in [0.1, 0.15) is 0 Å². The number of hydrogen-bond acceptors (Lipinski definition) is 3. The molecule has 0 fully saturated rings. The van der Waals surface area contributed by atoms with E-state index in [-0.39, 0.29) is 6.04 Å². The van der Waals surface area contributed by atoms with Gasteiger partial charge in [-0.15, -0.1) is 0 Å². The number of aromatic amines is 1. The predicted octanol–water partition coefficient (Wildman–Crippen LogP) is 2.09. The van der Waals surface area contributed by atoms with Crippen molar-refractivity contribution in [3.8, 4) is 0 Å². The lowest BCUT2D eigenvalue weighted by molar-refractivity contribution is 0.517. The van der Waals surface area contributed by atoms with Crippen LogP contribution in [0.2, 0.25) is 0 Å². The highest BCUT2D eigenvalue weighted by Crippen LogP contribution is 2.15. The smallest absolute Gasteiger partial charge is 0.0997 e. The summed E-state index contributed by atoms with van der Waals surface area (Å²) in [6.07, 6.45) is 3.84. The highest BCUT2D eigenvalue weighted by atomic mass is 15.3. The Balaban J connectivity index is 2.06. The van der Waals surface area contributed by atoms with E-state index >= 15 is 0 Å². The topological polar surface area (TPSA) is 53.6 Å². The molecule has 4 heteroatoms. The van der Waals surface area contributed by atoms with Crippen LogP contribution in [0.25, 0.3) is 0 Å². The molecule has 2 N–H and O–H groups in total. The van der Waals surface area contributed by atoms with Crippen LogP contribution in [0.3, 0.4) is 0 Å². The van der Waals surface area contributed by atoms with Gasteiger partial charge in [-0.2, -0.15) is 15.4 Å². The van der Waals surface area contributed by atoms with Crippen LogP contribution in [-0.4, -0.2) is 22.0 Å². The van der Waals surface area contributed by atoms with E-state index in [1.807, 2.05) is 6.07 Å². The molecule has 0 aliphatic rings. The van der Waals surface area contributed by atoms with Gasteiger partial charge in [-0.05, 0) is 24.9 Å². The normalized spacial score (nSPS) is 12.5. The second kappa shape index (κ2) is 6.15. The molecule has 0 amide bonds. The molecular formula is C13H18N4. The van der Waals surface area contributed by atoms with Crippen LogP contribution in [0, 0.1) is 0 Å². The molecule has 4 nitrogen and oxygen atoms in total. The molecule has 0 saturated carbocycles. The second-order valence-corrected chi connectivity index (χ2v) is 4.09. The third-order valence-corrected chi connectivity index (χ3v) is 2.71. The SMILES string of the molecule is CCCNC(Cc1ccccc1)c1cn[nH]n1. The molecule has 90 valence electrons. The number of benzene rings is 1. The average Bonchev–Trinajstić information content (AvgIpc) is 2.89. The Kier molecular flexibility index (Phi) is 4.27. The minimum atomic E-state index is 0.232. The van der Waals surface area contributed by atoms with Crippen LogP contribution in [0.5, 0.6) is 0 Å². The van der Waals surface area contributed by atoms with Crippen LogP contribution in [-0.2, 0) is 6.42 Å². The third kappa shape index (κ3) is 3.39. The standard InChI is InChI=1S/C13H18N4/c1-2-8-14-12(13-10-15-17-16-13)9-11-6-4-3-5-7-11/h3-7,10,12,14H,2,8-9H2,1H3,(H,15,16,17). The van der Waals surface area contributed by atoms with Crippen LogP contribution < -0.4 is 5.32 Å². The Labute approximate surface area is 101 Å². The molecule has 2 aromatic rings. The zero-order valence-electron chi connectivity index (χ0n) is 10.1. The van der Waals surface area contributed by atoms with Gasteiger partial charge in [-0.25, -0.2) is 0 Å². The number of aromatic nitrogens is 3. The average molecular weight is 230 g/mol. The lowest BCUT2D eigenvalue weighted by atomic mass is 10.0. The number of rotatable bonds is 6. The van der Waals surface area contributed by atoms with Gasteiger partial charge in [-0.3, -0.25) is 0 Å². The molecule has 1 heterocycles. The van der Waals surface area contributed by atoms with Crippen LogP contribution in [0.15, 0.2) is 36.5 Å². The highest BCUT2D eigenvalue weighted by Gasteiger charge is 2.13. The number of nitrogens with zero attached hydrogens (tertiary/aromatic N) is 2. The fraction of sp³-hybridized carbons (Fsp3) is 0.385. The molecular weight excluding hydrogens is 212 g/mol. The fourth-order valence-corrected chi connectivity index (χ4v) is 1.83. The predicted molar refractivity (Wildman–Crippen MR) is 67.6 cm³/mol. The summed E-state index contributed by atoms with van der Waals surface area (Å²) in [6.45, 7) is 3.15. The van der Waals surface area contributed by atoms with E-state index in [9.17, 15) is 0 Å². The first-order valence-corrected chi connectivity index (χ1v) is 6.03. The van der Waals surface area contributed by atoms with E-state index < -0.39 is 0 Å². The molecule has 1 aromatic heterocycles. The van der Waals surface area contributed by atoms with E-state index in [0.717, 1.165) is 25.1 Å². The molecule has 2 rings (SSSR count). The monoisotopic (exact) mass is 230 g/mol. The van der Waals surface area contributed by atoms with E-state index in [2.05, 4.69) is 51.9 Å². The summed E-state index contributed by atoms with van der Waals surface area (Å²) >= 11 is 0. The summed E-state index contributed by atoms with van der Waals surface area (Å²) in [4.78, 5) is 0. The van der Waals surface area contributed by atoms with Crippen molar-refractivity contribution in [2.45, 2.75) is 25.8 Å². The number of hydrogen-bond donors (Lipinski definition) is 2. The van der Waals surface area contributed by atoms with Crippen molar-refractivity contribution in [3.05, 3.63) is 47.8 Å². The lowest BCUT2D eigenvalue weighted by Gasteiger charge is -2.15. The zero-order chi connectivity index (χ0) is 11.9. The zero-order valence-corrected chi connectivity index (χ0v) is 10.1. The minimum Gasteiger partial charge on any atom is -0.308 e. The van der Waals surface area contributed by atoms with Gasteiger partial charge < -0.3 is 5.32 Å². The Hall–Kier alpha value is -1.68. The van der Waals surface area contributed by atoms with E-state index in [1.54, 1.807) is 6.20 Å². The second-order valence-electron chi connectivity index (χ2n) is 4.09. The fourth-order valence-electron chi connectivity index (χ4n) is 1.83. The summed E-state index contributed by atoms with van der Waals surface area (Å²) in [5, 5.41) is 14.2. The van der Waals surface area contributed by atoms with Gasteiger partial charge in [0.25, 0.3) is 0 Å². The molecule has 17 heavy (non-hydrogen) atoms. The van der Waals surface area contributed by atoms with Crippen molar-refractivity contribution in [1.82, 2.24) is 20.7 Å². The van der Waals surface area contributed by atoms with Crippen LogP contribution in [0.1, 0.15) is 30.6 Å². The molecule has 0 radical (unpaired) electrons. The minimum absolute atomic E-state index is 0.232. The summed E-state index contributed by atoms with van der Waals surface area (Å²) in [5.41, 5.74) is 2.28. The highest BCUT2D eigenvalue weighted by molar-refractivity contribution is 5.18. The maximum absolute atomic E-state index is 4.17. The van der Waals surface area contributed by atoms with Crippen molar-refractivity contribution >= 4 is 0 Å². The van der Waals surface area contributed by atoms with Crippen molar-refractivity contribution in [3.63, 3.8) is 0 Å². The van der Waals surface area contributed by atoms with Gasteiger partial charge in [0.05, 0.1) is 17.9 Å². The lowest BCUT2D eigenvalue weighted by Crippen LogP contribution is -2.24. The van der Waals surface area contributed by atoms with Crippen molar-refractivity contribution in [2.24, 2.45) is 0 Å². The van der Waals surface area contributed by atoms with Crippen LogP contribution in [0.4, 0.5) is 0 Å². The maximum atomic E-state index is 4.17. The molecule has 1 atom stereocenters.